The molecule has 0 aliphatic heterocycles. The topological polar surface area (TPSA) is 68.2 Å². The fourth-order valence-corrected chi connectivity index (χ4v) is 1.07. The highest BCUT2D eigenvalue weighted by atomic mass is 15.3. The molecule has 0 unspecified atom stereocenters. The Balaban J connectivity index is 2.47. The van der Waals surface area contributed by atoms with Crippen LogP contribution in [0.25, 0.3) is 5.65 Å². The summed E-state index contributed by atoms with van der Waals surface area (Å²) in [5.74, 6) is 5.16. The van der Waals surface area contributed by atoms with Crippen molar-refractivity contribution in [3.05, 3.63) is 30.2 Å². The predicted octanol–water partition coefficient (Wildman–Crippen LogP) is -0.307. The Morgan fingerprint density at radius 3 is 3.25 bits per heavy atom. The van der Waals surface area contributed by atoms with E-state index in [1.165, 1.54) is 0 Å². The summed E-state index contributed by atoms with van der Waals surface area (Å²) in [6.07, 6.45) is 3.58. The molecular formula is C7H9N5. The molecule has 12 heavy (non-hydrogen) atoms. The maximum atomic E-state index is 5.16. The molecular weight excluding hydrogens is 154 g/mol. The van der Waals surface area contributed by atoms with Gasteiger partial charge in [0.25, 0.3) is 0 Å². The highest BCUT2D eigenvalue weighted by Crippen LogP contribution is 2.01. The molecule has 0 bridgehead atoms. The molecule has 0 saturated carbocycles. The molecule has 0 atom stereocenters. The first-order chi connectivity index (χ1) is 5.90. The number of nitrogens with one attached hydrogen (secondary N) is 1. The molecule has 2 heterocycles. The normalized spacial score (nSPS) is 10.8. The third kappa shape index (κ3) is 1.15. The van der Waals surface area contributed by atoms with Gasteiger partial charge >= 0.3 is 0 Å². The van der Waals surface area contributed by atoms with Gasteiger partial charge in [0.05, 0.1) is 12.2 Å². The van der Waals surface area contributed by atoms with Crippen molar-refractivity contribution in [2.45, 2.75) is 6.54 Å². The molecule has 0 spiro atoms. The van der Waals surface area contributed by atoms with Gasteiger partial charge in [-0.2, -0.15) is 5.10 Å². The second-order valence-electron chi connectivity index (χ2n) is 2.44. The first-order valence-corrected chi connectivity index (χ1v) is 3.63. The van der Waals surface area contributed by atoms with E-state index in [1.807, 2.05) is 18.3 Å². The standard InChI is InChI=1S/C7H9N5/c8-10-5-6-4-7-9-2-1-3-12(7)11-6/h1-4,10H,5,8H2. The molecule has 5 nitrogen and oxygen atoms in total. The number of rotatable bonds is 2. The summed E-state index contributed by atoms with van der Waals surface area (Å²) >= 11 is 0. The van der Waals surface area contributed by atoms with E-state index in [0.29, 0.717) is 6.54 Å². The van der Waals surface area contributed by atoms with Crippen molar-refractivity contribution in [1.29, 1.82) is 0 Å². The van der Waals surface area contributed by atoms with Gasteiger partial charge in [-0.25, -0.2) is 9.50 Å². The van der Waals surface area contributed by atoms with Crippen LogP contribution in [0.5, 0.6) is 0 Å². The maximum Gasteiger partial charge on any atom is 0.155 e. The molecule has 2 aromatic rings. The molecule has 0 amide bonds. The van der Waals surface area contributed by atoms with Gasteiger partial charge in [0.2, 0.25) is 0 Å². The molecule has 3 N–H and O–H groups in total. The van der Waals surface area contributed by atoms with Crippen molar-refractivity contribution in [2.24, 2.45) is 5.84 Å². The molecule has 0 aliphatic rings. The zero-order chi connectivity index (χ0) is 8.39. The average Bonchev–Trinajstić information content (AvgIpc) is 2.47. The number of hydrogen-bond acceptors (Lipinski definition) is 4. The van der Waals surface area contributed by atoms with Gasteiger partial charge in [0.1, 0.15) is 0 Å². The van der Waals surface area contributed by atoms with E-state index in [0.717, 1.165) is 11.3 Å². The van der Waals surface area contributed by atoms with E-state index in [9.17, 15) is 0 Å². The van der Waals surface area contributed by atoms with Crippen LogP contribution in [0, 0.1) is 0 Å². The molecule has 2 rings (SSSR count). The van der Waals surface area contributed by atoms with Crippen LogP contribution in [0.2, 0.25) is 0 Å². The Labute approximate surface area is 69.2 Å². The Kier molecular flexibility index (Phi) is 1.73. The predicted molar refractivity (Wildman–Crippen MR) is 44.0 cm³/mol. The van der Waals surface area contributed by atoms with Crippen molar-refractivity contribution in [2.75, 3.05) is 0 Å². The Morgan fingerprint density at radius 1 is 1.58 bits per heavy atom. The zero-order valence-electron chi connectivity index (χ0n) is 6.44. The van der Waals surface area contributed by atoms with E-state index in [-0.39, 0.29) is 0 Å². The van der Waals surface area contributed by atoms with Gasteiger partial charge in [-0.1, -0.05) is 0 Å². The van der Waals surface area contributed by atoms with Gasteiger partial charge in [0, 0.05) is 18.5 Å². The number of nitrogens with zero attached hydrogens (tertiary/aromatic N) is 3. The minimum atomic E-state index is 0.559. The van der Waals surface area contributed by atoms with Crippen molar-refractivity contribution in [3.63, 3.8) is 0 Å². The van der Waals surface area contributed by atoms with Crippen LogP contribution in [-0.2, 0) is 6.54 Å². The molecule has 0 radical (unpaired) electrons. The molecule has 0 aromatic carbocycles. The lowest BCUT2D eigenvalue weighted by Crippen LogP contribution is -2.21. The monoisotopic (exact) mass is 163 g/mol. The van der Waals surface area contributed by atoms with Crippen LogP contribution in [0.4, 0.5) is 0 Å². The Hall–Kier alpha value is -1.46. The molecule has 2 aromatic heterocycles. The van der Waals surface area contributed by atoms with E-state index in [2.05, 4.69) is 15.5 Å². The Bertz CT molecular complexity index is 347. The smallest absolute Gasteiger partial charge is 0.155 e. The van der Waals surface area contributed by atoms with Crippen molar-refractivity contribution >= 4 is 5.65 Å². The van der Waals surface area contributed by atoms with E-state index in [4.69, 9.17) is 5.84 Å². The average molecular weight is 163 g/mol. The van der Waals surface area contributed by atoms with Crippen LogP contribution in [-0.4, -0.2) is 14.6 Å². The second kappa shape index (κ2) is 2.88. The minimum Gasteiger partial charge on any atom is -0.271 e. The fourth-order valence-electron chi connectivity index (χ4n) is 1.07. The summed E-state index contributed by atoms with van der Waals surface area (Å²) in [6.45, 7) is 0.559. The summed E-state index contributed by atoms with van der Waals surface area (Å²) in [5.41, 5.74) is 4.26. The number of hydrazine groups is 1. The summed E-state index contributed by atoms with van der Waals surface area (Å²) in [4.78, 5) is 4.12. The van der Waals surface area contributed by atoms with Gasteiger partial charge in [-0.15, -0.1) is 0 Å². The fraction of sp³-hybridized carbons (Fsp3) is 0.143. The van der Waals surface area contributed by atoms with Crippen LogP contribution in [0.15, 0.2) is 24.5 Å². The Morgan fingerprint density at radius 2 is 2.50 bits per heavy atom. The van der Waals surface area contributed by atoms with Gasteiger partial charge in [-0.05, 0) is 6.07 Å². The SMILES string of the molecule is NNCc1cc2ncccn2n1. The first kappa shape index (κ1) is 7.20. The maximum absolute atomic E-state index is 5.16. The summed E-state index contributed by atoms with van der Waals surface area (Å²) < 4.78 is 1.71. The van der Waals surface area contributed by atoms with Gasteiger partial charge in [-0.3, -0.25) is 11.3 Å². The largest absolute Gasteiger partial charge is 0.271 e. The summed E-state index contributed by atoms with van der Waals surface area (Å²) in [7, 11) is 0. The van der Waals surface area contributed by atoms with Crippen molar-refractivity contribution < 1.29 is 0 Å². The first-order valence-electron chi connectivity index (χ1n) is 3.63. The second-order valence-corrected chi connectivity index (χ2v) is 2.44. The van der Waals surface area contributed by atoms with Crippen LogP contribution in [0.3, 0.4) is 0 Å². The molecule has 0 aliphatic carbocycles. The molecule has 62 valence electrons. The van der Waals surface area contributed by atoms with Crippen molar-refractivity contribution in [3.8, 4) is 0 Å². The summed E-state index contributed by atoms with van der Waals surface area (Å²) in [6, 6.07) is 3.72. The lowest BCUT2D eigenvalue weighted by Gasteiger charge is -1.89. The van der Waals surface area contributed by atoms with Gasteiger partial charge < -0.3 is 0 Å². The third-order valence-corrected chi connectivity index (χ3v) is 1.57. The molecule has 0 saturated heterocycles. The highest BCUT2D eigenvalue weighted by Gasteiger charge is 1.98. The number of nitrogens with two attached hydrogens (primary N) is 1. The number of aromatic nitrogens is 3. The molecule has 0 fully saturated rings. The van der Waals surface area contributed by atoms with Gasteiger partial charge in [0.15, 0.2) is 5.65 Å². The van der Waals surface area contributed by atoms with Crippen molar-refractivity contribution in [1.82, 2.24) is 20.0 Å². The highest BCUT2D eigenvalue weighted by molar-refractivity contribution is 5.37. The van der Waals surface area contributed by atoms with Crippen LogP contribution in [0.1, 0.15) is 5.69 Å². The minimum absolute atomic E-state index is 0.559. The zero-order valence-corrected chi connectivity index (χ0v) is 6.44. The lowest BCUT2D eigenvalue weighted by atomic mass is 10.4. The van der Waals surface area contributed by atoms with Crippen LogP contribution < -0.4 is 11.3 Å². The van der Waals surface area contributed by atoms with E-state index in [1.54, 1.807) is 10.7 Å². The van der Waals surface area contributed by atoms with E-state index < -0.39 is 0 Å². The van der Waals surface area contributed by atoms with E-state index >= 15 is 0 Å². The lowest BCUT2D eigenvalue weighted by molar-refractivity contribution is 0.712. The summed E-state index contributed by atoms with van der Waals surface area (Å²) in [5, 5.41) is 4.21. The quantitative estimate of drug-likeness (QED) is 0.471. The third-order valence-electron chi connectivity index (χ3n) is 1.57. The van der Waals surface area contributed by atoms with Crippen LogP contribution >= 0.6 is 0 Å². The number of fused-ring (bicyclic) bond motifs is 1. The number of hydrogen-bond donors (Lipinski definition) is 2. The molecule has 5 heteroatoms.